The number of nitrogens with one attached hydrogen (secondary N) is 2. The highest BCUT2D eigenvalue weighted by molar-refractivity contribution is 6.04. The van der Waals surface area contributed by atoms with E-state index in [1.165, 1.54) is 21.3 Å². The molecule has 28 heavy (non-hydrogen) atoms. The van der Waals surface area contributed by atoms with Crippen LogP contribution in [0, 0.1) is 0 Å². The highest BCUT2D eigenvalue weighted by Gasteiger charge is 2.15. The Balaban J connectivity index is 2.09. The molecule has 0 atom stereocenters. The molecule has 2 N–H and O–H groups in total. The lowest BCUT2D eigenvalue weighted by Gasteiger charge is -2.15. The molecule has 1 aromatic heterocycles. The smallest absolute Gasteiger partial charge is 0.255 e. The largest absolute Gasteiger partial charge is 0.493 e. The van der Waals surface area contributed by atoms with Gasteiger partial charge in [-0.2, -0.15) is 0 Å². The van der Waals surface area contributed by atoms with Gasteiger partial charge in [0.05, 0.1) is 21.3 Å². The second kappa shape index (κ2) is 10.4. The molecule has 0 aliphatic rings. The van der Waals surface area contributed by atoms with Gasteiger partial charge in [-0.15, -0.1) is 0 Å². The molecule has 0 unspecified atom stereocenters. The van der Waals surface area contributed by atoms with Crippen LogP contribution in [0.4, 0.5) is 11.5 Å². The Morgan fingerprint density at radius 1 is 1.07 bits per heavy atom. The number of aromatic nitrogens is 1. The second-order valence-corrected chi connectivity index (χ2v) is 6.38. The van der Waals surface area contributed by atoms with Crippen LogP contribution in [0.3, 0.4) is 0 Å². The van der Waals surface area contributed by atoms with E-state index in [9.17, 15) is 4.79 Å². The maximum absolute atomic E-state index is 12.7. The third-order valence-electron chi connectivity index (χ3n) is 4.03. The van der Waals surface area contributed by atoms with Crippen molar-refractivity contribution in [3.8, 4) is 17.2 Å². The van der Waals surface area contributed by atoms with Crippen molar-refractivity contribution in [3.63, 3.8) is 0 Å². The first-order valence-corrected chi connectivity index (χ1v) is 8.94. The second-order valence-electron chi connectivity index (χ2n) is 6.38. The molecule has 8 heteroatoms. The molecule has 8 nitrogen and oxygen atoms in total. The first kappa shape index (κ1) is 21.3. The SMILES string of the molecule is COc1cc(NC(=O)c2ccnc(NCCCN(C)C)c2)cc(OC)c1OC. The summed E-state index contributed by atoms with van der Waals surface area (Å²) < 4.78 is 15.9. The quantitative estimate of drug-likeness (QED) is 0.605. The highest BCUT2D eigenvalue weighted by atomic mass is 16.5. The van der Waals surface area contributed by atoms with E-state index < -0.39 is 0 Å². The Morgan fingerprint density at radius 3 is 2.32 bits per heavy atom. The van der Waals surface area contributed by atoms with Crippen LogP contribution in [-0.4, -0.2) is 64.3 Å². The monoisotopic (exact) mass is 388 g/mol. The molecule has 0 bridgehead atoms. The van der Waals surface area contributed by atoms with E-state index in [1.54, 1.807) is 30.5 Å². The summed E-state index contributed by atoms with van der Waals surface area (Å²) in [7, 11) is 8.65. The Bertz CT molecular complexity index is 771. The third-order valence-corrected chi connectivity index (χ3v) is 4.03. The van der Waals surface area contributed by atoms with Gasteiger partial charge < -0.3 is 29.7 Å². The van der Waals surface area contributed by atoms with Gasteiger partial charge in [-0.05, 0) is 39.2 Å². The minimum Gasteiger partial charge on any atom is -0.493 e. The van der Waals surface area contributed by atoms with E-state index in [0.717, 1.165) is 19.5 Å². The Kier molecular flexibility index (Phi) is 7.88. The van der Waals surface area contributed by atoms with E-state index in [2.05, 4.69) is 20.5 Å². The van der Waals surface area contributed by atoms with Gasteiger partial charge in [0.1, 0.15) is 5.82 Å². The lowest BCUT2D eigenvalue weighted by molar-refractivity contribution is 0.102. The predicted molar refractivity (Wildman–Crippen MR) is 110 cm³/mol. The van der Waals surface area contributed by atoms with E-state index in [-0.39, 0.29) is 5.91 Å². The van der Waals surface area contributed by atoms with Crippen LogP contribution in [0.2, 0.25) is 0 Å². The summed E-state index contributed by atoms with van der Waals surface area (Å²) in [4.78, 5) is 19.0. The number of hydrogen-bond donors (Lipinski definition) is 2. The lowest BCUT2D eigenvalue weighted by Crippen LogP contribution is -2.17. The number of nitrogens with zero attached hydrogens (tertiary/aromatic N) is 2. The molecule has 2 aromatic rings. The number of ether oxygens (including phenoxy) is 3. The maximum atomic E-state index is 12.7. The highest BCUT2D eigenvalue weighted by Crippen LogP contribution is 2.40. The molecule has 1 heterocycles. The summed E-state index contributed by atoms with van der Waals surface area (Å²) in [6.07, 6.45) is 2.59. The number of methoxy groups -OCH3 is 3. The van der Waals surface area contributed by atoms with Gasteiger partial charge in [-0.3, -0.25) is 4.79 Å². The third kappa shape index (κ3) is 5.75. The summed E-state index contributed by atoms with van der Waals surface area (Å²) in [5.74, 6) is 1.81. The van der Waals surface area contributed by atoms with Crippen LogP contribution in [-0.2, 0) is 0 Å². The minimum absolute atomic E-state index is 0.256. The fraction of sp³-hybridized carbons (Fsp3) is 0.400. The molecule has 0 aliphatic carbocycles. The molecular formula is C20H28N4O4. The first-order chi connectivity index (χ1) is 13.5. The number of pyridine rings is 1. The molecule has 0 aliphatic heterocycles. The molecule has 0 saturated heterocycles. The van der Waals surface area contributed by atoms with E-state index in [1.807, 2.05) is 14.1 Å². The summed E-state index contributed by atoms with van der Waals surface area (Å²) in [5.41, 5.74) is 1.04. The van der Waals surface area contributed by atoms with Crippen molar-refractivity contribution >= 4 is 17.4 Å². The van der Waals surface area contributed by atoms with Crippen molar-refractivity contribution in [2.75, 3.05) is 59.1 Å². The van der Waals surface area contributed by atoms with Crippen molar-refractivity contribution in [1.82, 2.24) is 9.88 Å². The van der Waals surface area contributed by atoms with Crippen LogP contribution in [0.25, 0.3) is 0 Å². The van der Waals surface area contributed by atoms with Crippen molar-refractivity contribution < 1.29 is 19.0 Å². The van der Waals surface area contributed by atoms with Gasteiger partial charge in [-0.25, -0.2) is 4.98 Å². The number of anilines is 2. The van der Waals surface area contributed by atoms with Crippen molar-refractivity contribution in [2.45, 2.75) is 6.42 Å². The van der Waals surface area contributed by atoms with Crippen molar-refractivity contribution in [2.24, 2.45) is 0 Å². The van der Waals surface area contributed by atoms with E-state index in [0.29, 0.717) is 34.3 Å². The van der Waals surface area contributed by atoms with E-state index >= 15 is 0 Å². The number of carbonyl (C=O) groups is 1. The normalized spacial score (nSPS) is 10.5. The zero-order valence-electron chi connectivity index (χ0n) is 17.0. The van der Waals surface area contributed by atoms with E-state index in [4.69, 9.17) is 14.2 Å². The fourth-order valence-corrected chi connectivity index (χ4v) is 2.64. The molecule has 0 spiro atoms. The van der Waals surface area contributed by atoms with Gasteiger partial charge >= 0.3 is 0 Å². The summed E-state index contributed by atoms with van der Waals surface area (Å²) in [6.45, 7) is 1.76. The number of benzene rings is 1. The standard InChI is InChI=1S/C20H28N4O4/c1-24(2)10-6-8-21-18-11-14(7-9-22-18)20(25)23-15-12-16(26-3)19(28-5)17(13-15)27-4/h7,9,11-13H,6,8,10H2,1-5H3,(H,21,22)(H,23,25). The number of amides is 1. The summed E-state index contributed by atoms with van der Waals surface area (Å²) in [6, 6.07) is 6.75. The lowest BCUT2D eigenvalue weighted by atomic mass is 10.2. The van der Waals surface area contributed by atoms with Crippen LogP contribution >= 0.6 is 0 Å². The average molecular weight is 388 g/mol. The molecule has 2 rings (SSSR count). The van der Waals surface area contributed by atoms with Gasteiger partial charge in [0, 0.05) is 36.1 Å². The number of carbonyl (C=O) groups excluding carboxylic acids is 1. The summed E-state index contributed by atoms with van der Waals surface area (Å²) in [5, 5.41) is 6.09. The van der Waals surface area contributed by atoms with Crippen LogP contribution < -0.4 is 24.8 Å². The number of hydrogen-bond acceptors (Lipinski definition) is 7. The molecule has 0 saturated carbocycles. The molecule has 1 aromatic carbocycles. The fourth-order valence-electron chi connectivity index (χ4n) is 2.64. The maximum Gasteiger partial charge on any atom is 0.255 e. The van der Waals surface area contributed by atoms with Gasteiger partial charge in [0.2, 0.25) is 5.75 Å². The van der Waals surface area contributed by atoms with Gasteiger partial charge in [0.15, 0.2) is 11.5 Å². The molecular weight excluding hydrogens is 360 g/mol. The predicted octanol–water partition coefficient (Wildman–Crippen LogP) is 2.72. The zero-order valence-corrected chi connectivity index (χ0v) is 17.0. The Hall–Kier alpha value is -3.00. The van der Waals surface area contributed by atoms with Crippen molar-refractivity contribution in [1.29, 1.82) is 0 Å². The molecule has 152 valence electrons. The number of rotatable bonds is 10. The topological polar surface area (TPSA) is 85.0 Å². The first-order valence-electron chi connectivity index (χ1n) is 8.94. The Labute approximate surface area is 165 Å². The molecule has 0 radical (unpaired) electrons. The summed E-state index contributed by atoms with van der Waals surface area (Å²) >= 11 is 0. The molecule has 0 fully saturated rings. The Morgan fingerprint density at radius 2 is 1.75 bits per heavy atom. The van der Waals surface area contributed by atoms with Gasteiger partial charge in [-0.1, -0.05) is 0 Å². The van der Waals surface area contributed by atoms with Crippen LogP contribution in [0.1, 0.15) is 16.8 Å². The zero-order chi connectivity index (χ0) is 20.5. The minimum atomic E-state index is -0.256. The molecule has 1 amide bonds. The van der Waals surface area contributed by atoms with Crippen LogP contribution in [0.15, 0.2) is 30.5 Å². The van der Waals surface area contributed by atoms with Crippen molar-refractivity contribution in [3.05, 3.63) is 36.0 Å². The van der Waals surface area contributed by atoms with Crippen LogP contribution in [0.5, 0.6) is 17.2 Å². The average Bonchev–Trinajstić information content (AvgIpc) is 2.70. The van der Waals surface area contributed by atoms with Gasteiger partial charge in [0.25, 0.3) is 5.91 Å².